The Morgan fingerprint density at radius 3 is 2.95 bits per heavy atom. The molecule has 3 aromatic rings. The van der Waals surface area contributed by atoms with E-state index in [0.29, 0.717) is 10.7 Å². The van der Waals surface area contributed by atoms with Gasteiger partial charge in [0.1, 0.15) is 0 Å². The zero-order chi connectivity index (χ0) is 15.1. The van der Waals surface area contributed by atoms with Crippen molar-refractivity contribution in [2.45, 2.75) is 6.42 Å². The molecule has 0 radical (unpaired) electrons. The standard InChI is InChI=1S/C17H11IN2OS/c18-12-4-5-13-11(9-12)8-10-2-1-3-14(15(10)13)16(21)20-17-19-6-7-22-17/h1-7,9H,8H2,(H,19,20,21). The normalized spacial score (nSPS) is 11.9. The molecule has 3 nitrogen and oxygen atoms in total. The molecule has 1 aliphatic carbocycles. The van der Waals surface area contributed by atoms with E-state index in [1.807, 2.05) is 17.5 Å². The smallest absolute Gasteiger partial charge is 0.258 e. The third-order valence-electron chi connectivity index (χ3n) is 3.77. The number of thiazole rings is 1. The highest BCUT2D eigenvalue weighted by atomic mass is 127. The Balaban J connectivity index is 1.79. The highest BCUT2D eigenvalue weighted by Crippen LogP contribution is 2.39. The van der Waals surface area contributed by atoms with Crippen LogP contribution in [-0.2, 0) is 6.42 Å². The number of anilines is 1. The molecule has 0 fully saturated rings. The van der Waals surface area contributed by atoms with Gasteiger partial charge in [-0.05, 0) is 69.5 Å². The summed E-state index contributed by atoms with van der Waals surface area (Å²) >= 11 is 3.75. The Morgan fingerprint density at radius 1 is 1.23 bits per heavy atom. The van der Waals surface area contributed by atoms with Gasteiger partial charge in [0.2, 0.25) is 0 Å². The van der Waals surface area contributed by atoms with Crippen LogP contribution in [0.4, 0.5) is 5.13 Å². The molecule has 4 rings (SSSR count). The lowest BCUT2D eigenvalue weighted by Gasteiger charge is -2.09. The first-order chi connectivity index (χ1) is 10.7. The van der Waals surface area contributed by atoms with E-state index in [-0.39, 0.29) is 5.91 Å². The van der Waals surface area contributed by atoms with E-state index in [9.17, 15) is 4.79 Å². The topological polar surface area (TPSA) is 42.0 Å². The van der Waals surface area contributed by atoms with Crippen LogP contribution in [0.25, 0.3) is 11.1 Å². The number of aromatic nitrogens is 1. The summed E-state index contributed by atoms with van der Waals surface area (Å²) in [5.41, 5.74) is 5.44. The molecule has 0 aliphatic heterocycles. The molecule has 1 aromatic heterocycles. The Labute approximate surface area is 145 Å². The second-order valence-electron chi connectivity index (χ2n) is 5.11. The Bertz CT molecular complexity index is 874. The molecule has 108 valence electrons. The van der Waals surface area contributed by atoms with Gasteiger partial charge < -0.3 is 0 Å². The Hall–Kier alpha value is -1.73. The van der Waals surface area contributed by atoms with Crippen LogP contribution >= 0.6 is 33.9 Å². The molecule has 22 heavy (non-hydrogen) atoms. The highest BCUT2D eigenvalue weighted by molar-refractivity contribution is 14.1. The van der Waals surface area contributed by atoms with Crippen molar-refractivity contribution in [3.05, 3.63) is 68.2 Å². The van der Waals surface area contributed by atoms with E-state index in [1.165, 1.54) is 31.6 Å². The number of rotatable bonds is 2. The van der Waals surface area contributed by atoms with Gasteiger partial charge in [-0.2, -0.15) is 0 Å². The number of carbonyl (C=O) groups is 1. The summed E-state index contributed by atoms with van der Waals surface area (Å²) in [6.07, 6.45) is 2.58. The maximum atomic E-state index is 12.6. The fourth-order valence-electron chi connectivity index (χ4n) is 2.86. The molecule has 0 bridgehead atoms. The number of amides is 1. The zero-order valence-corrected chi connectivity index (χ0v) is 14.4. The number of nitrogens with zero attached hydrogens (tertiary/aromatic N) is 1. The maximum Gasteiger partial charge on any atom is 0.258 e. The summed E-state index contributed by atoms with van der Waals surface area (Å²) in [4.78, 5) is 16.7. The zero-order valence-electron chi connectivity index (χ0n) is 11.5. The summed E-state index contributed by atoms with van der Waals surface area (Å²) in [5.74, 6) is -0.0989. The molecule has 1 heterocycles. The first-order valence-corrected chi connectivity index (χ1v) is 8.80. The number of carbonyl (C=O) groups excluding carboxylic acids is 1. The summed E-state index contributed by atoms with van der Waals surface area (Å²) in [5, 5.41) is 5.35. The number of halogens is 1. The number of hydrogen-bond acceptors (Lipinski definition) is 3. The monoisotopic (exact) mass is 418 g/mol. The average Bonchev–Trinajstić information content (AvgIpc) is 3.12. The third kappa shape index (κ3) is 2.34. The van der Waals surface area contributed by atoms with Gasteiger partial charge in [-0.1, -0.05) is 18.2 Å². The Morgan fingerprint density at radius 2 is 2.14 bits per heavy atom. The second kappa shape index (κ2) is 5.48. The SMILES string of the molecule is O=C(Nc1nccs1)c1cccc2c1-c1ccc(I)cc1C2. The third-order valence-corrected chi connectivity index (χ3v) is 5.13. The Kier molecular flexibility index (Phi) is 3.46. The largest absolute Gasteiger partial charge is 0.298 e. The lowest BCUT2D eigenvalue weighted by atomic mass is 9.99. The van der Waals surface area contributed by atoms with Gasteiger partial charge in [0.15, 0.2) is 5.13 Å². The summed E-state index contributed by atoms with van der Waals surface area (Å²) in [7, 11) is 0. The number of benzene rings is 2. The second-order valence-corrected chi connectivity index (χ2v) is 7.25. The predicted molar refractivity (Wildman–Crippen MR) is 97.5 cm³/mol. The van der Waals surface area contributed by atoms with Crippen LogP contribution in [0, 0.1) is 3.57 Å². The van der Waals surface area contributed by atoms with E-state index in [2.05, 4.69) is 57.2 Å². The average molecular weight is 418 g/mol. The van der Waals surface area contributed by atoms with Crippen molar-refractivity contribution in [1.82, 2.24) is 4.98 Å². The van der Waals surface area contributed by atoms with Crippen LogP contribution < -0.4 is 5.32 Å². The van der Waals surface area contributed by atoms with E-state index >= 15 is 0 Å². The molecule has 0 saturated heterocycles. The van der Waals surface area contributed by atoms with Gasteiger partial charge in [0.05, 0.1) is 0 Å². The van der Waals surface area contributed by atoms with E-state index in [0.717, 1.165) is 12.0 Å². The van der Waals surface area contributed by atoms with Crippen LogP contribution in [0.1, 0.15) is 21.5 Å². The first-order valence-electron chi connectivity index (χ1n) is 6.84. The summed E-state index contributed by atoms with van der Waals surface area (Å²) in [6.45, 7) is 0. The van der Waals surface area contributed by atoms with Crippen molar-refractivity contribution < 1.29 is 4.79 Å². The number of hydrogen-bond donors (Lipinski definition) is 1. The van der Waals surface area contributed by atoms with Crippen LogP contribution in [-0.4, -0.2) is 10.9 Å². The molecule has 0 unspecified atom stereocenters. The lowest BCUT2D eigenvalue weighted by Crippen LogP contribution is -2.13. The van der Waals surface area contributed by atoms with E-state index < -0.39 is 0 Å². The summed E-state index contributed by atoms with van der Waals surface area (Å²) in [6, 6.07) is 12.3. The molecular weight excluding hydrogens is 407 g/mol. The predicted octanol–water partition coefficient (Wildman–Crippen LogP) is 4.57. The minimum atomic E-state index is -0.0989. The highest BCUT2D eigenvalue weighted by Gasteiger charge is 2.24. The molecule has 5 heteroatoms. The fraction of sp³-hybridized carbons (Fsp3) is 0.0588. The van der Waals surface area contributed by atoms with Crippen LogP contribution in [0.5, 0.6) is 0 Å². The van der Waals surface area contributed by atoms with Crippen molar-refractivity contribution in [1.29, 1.82) is 0 Å². The first kappa shape index (κ1) is 13.9. The fourth-order valence-corrected chi connectivity index (χ4v) is 3.94. The number of nitrogens with one attached hydrogen (secondary N) is 1. The minimum absolute atomic E-state index is 0.0989. The van der Waals surface area contributed by atoms with Crippen molar-refractivity contribution in [3.63, 3.8) is 0 Å². The lowest BCUT2D eigenvalue weighted by molar-refractivity contribution is 0.102. The van der Waals surface area contributed by atoms with E-state index in [4.69, 9.17) is 0 Å². The van der Waals surface area contributed by atoms with Crippen LogP contribution in [0.3, 0.4) is 0 Å². The van der Waals surface area contributed by atoms with Crippen LogP contribution in [0.15, 0.2) is 48.0 Å². The molecule has 2 aromatic carbocycles. The van der Waals surface area contributed by atoms with Crippen molar-refractivity contribution >= 4 is 45.0 Å². The van der Waals surface area contributed by atoms with Crippen LogP contribution in [0.2, 0.25) is 0 Å². The van der Waals surface area contributed by atoms with Crippen molar-refractivity contribution in [3.8, 4) is 11.1 Å². The minimum Gasteiger partial charge on any atom is -0.298 e. The van der Waals surface area contributed by atoms with Gasteiger partial charge in [0.25, 0.3) is 5.91 Å². The van der Waals surface area contributed by atoms with Crippen molar-refractivity contribution in [2.75, 3.05) is 5.32 Å². The summed E-state index contributed by atoms with van der Waals surface area (Å²) < 4.78 is 1.22. The van der Waals surface area contributed by atoms with Gasteiger partial charge in [0, 0.05) is 20.7 Å². The quantitative estimate of drug-likeness (QED) is 0.485. The molecule has 1 amide bonds. The van der Waals surface area contributed by atoms with Gasteiger partial charge in [-0.15, -0.1) is 11.3 Å². The molecule has 0 atom stereocenters. The van der Waals surface area contributed by atoms with E-state index in [1.54, 1.807) is 6.20 Å². The van der Waals surface area contributed by atoms with Crippen molar-refractivity contribution in [2.24, 2.45) is 0 Å². The molecule has 1 aliphatic rings. The van der Waals surface area contributed by atoms with Gasteiger partial charge >= 0.3 is 0 Å². The molecule has 0 saturated carbocycles. The molecular formula is C17H11IN2OS. The van der Waals surface area contributed by atoms with Gasteiger partial charge in [-0.3, -0.25) is 10.1 Å². The molecule has 1 N–H and O–H groups in total. The van der Waals surface area contributed by atoms with Gasteiger partial charge in [-0.25, -0.2) is 4.98 Å². The number of fused-ring (bicyclic) bond motifs is 3. The molecule has 0 spiro atoms. The maximum absolute atomic E-state index is 12.6.